The molecule has 20 heavy (non-hydrogen) atoms. The number of piperidine rings is 1. The molecule has 0 aromatic carbocycles. The molecule has 1 rings (SSSR count). The van der Waals surface area contributed by atoms with E-state index in [9.17, 15) is 18.0 Å². The second kappa shape index (κ2) is 7.03. The maximum absolute atomic E-state index is 12.2. The molecule has 0 bridgehead atoms. The molecule has 0 N–H and O–H groups in total. The second-order valence-corrected chi connectivity index (χ2v) is 7.00. The molecular weight excluding hydrogens is 284 g/mol. The van der Waals surface area contributed by atoms with Crippen molar-refractivity contribution >= 4 is 21.9 Å². The molecule has 0 spiro atoms. The number of rotatable bonds is 5. The van der Waals surface area contributed by atoms with Gasteiger partial charge in [-0.1, -0.05) is 0 Å². The molecule has 0 atom stereocenters. The third kappa shape index (κ3) is 4.75. The van der Waals surface area contributed by atoms with E-state index < -0.39 is 10.0 Å². The van der Waals surface area contributed by atoms with Crippen LogP contribution >= 0.6 is 0 Å². The number of carbonyl (C=O) groups is 2. The predicted octanol–water partition coefficient (Wildman–Crippen LogP) is -0.320. The molecule has 1 heterocycles. The lowest BCUT2D eigenvalue weighted by atomic mass is 9.96. The first-order chi connectivity index (χ1) is 9.25. The van der Waals surface area contributed by atoms with Crippen LogP contribution in [0.15, 0.2) is 0 Å². The minimum absolute atomic E-state index is 0.0398. The van der Waals surface area contributed by atoms with Crippen molar-refractivity contribution < 1.29 is 22.7 Å². The topological polar surface area (TPSA) is 84.0 Å². The summed E-state index contributed by atoms with van der Waals surface area (Å²) in [5.74, 6) is -0.561. The summed E-state index contributed by atoms with van der Waals surface area (Å²) < 4.78 is 28.7. The highest BCUT2D eigenvalue weighted by molar-refractivity contribution is 7.88. The second-order valence-electron chi connectivity index (χ2n) is 5.02. The van der Waals surface area contributed by atoms with E-state index in [0.29, 0.717) is 32.5 Å². The molecule has 1 fully saturated rings. The highest BCUT2D eigenvalue weighted by atomic mass is 32.2. The third-order valence-electron chi connectivity index (χ3n) is 3.53. The quantitative estimate of drug-likeness (QED) is 0.650. The van der Waals surface area contributed by atoms with E-state index in [1.54, 1.807) is 7.05 Å². The van der Waals surface area contributed by atoms with Gasteiger partial charge in [0.2, 0.25) is 15.9 Å². The number of amides is 1. The predicted molar refractivity (Wildman–Crippen MR) is 73.4 cm³/mol. The summed E-state index contributed by atoms with van der Waals surface area (Å²) in [7, 11) is -0.215. The SMILES string of the molecule is COC(=O)CCN(C)C(=O)C1CCN(S(C)(=O)=O)CC1. The smallest absolute Gasteiger partial charge is 0.307 e. The molecule has 1 amide bonds. The van der Waals surface area contributed by atoms with E-state index in [4.69, 9.17) is 0 Å². The van der Waals surface area contributed by atoms with Crippen LogP contribution in [0.5, 0.6) is 0 Å². The van der Waals surface area contributed by atoms with Gasteiger partial charge in [0, 0.05) is 32.6 Å². The monoisotopic (exact) mass is 306 g/mol. The van der Waals surface area contributed by atoms with Crippen LogP contribution in [0.2, 0.25) is 0 Å². The number of sulfonamides is 1. The Morgan fingerprint density at radius 3 is 2.30 bits per heavy atom. The number of carbonyl (C=O) groups excluding carboxylic acids is 2. The Morgan fingerprint density at radius 1 is 1.30 bits per heavy atom. The number of ether oxygens (including phenoxy) is 1. The van der Waals surface area contributed by atoms with Crippen molar-refractivity contribution in [2.45, 2.75) is 19.3 Å². The Labute approximate surface area is 119 Å². The van der Waals surface area contributed by atoms with Crippen LogP contribution < -0.4 is 0 Å². The summed E-state index contributed by atoms with van der Waals surface area (Å²) in [6.07, 6.45) is 2.39. The van der Waals surface area contributed by atoms with Crippen LogP contribution in [0, 0.1) is 5.92 Å². The molecule has 0 aromatic heterocycles. The van der Waals surface area contributed by atoms with Crippen molar-refractivity contribution in [3.63, 3.8) is 0 Å². The van der Waals surface area contributed by atoms with Crippen LogP contribution in [-0.4, -0.2) is 69.5 Å². The van der Waals surface area contributed by atoms with Crippen molar-refractivity contribution in [3.8, 4) is 0 Å². The summed E-state index contributed by atoms with van der Waals surface area (Å²) in [5, 5.41) is 0. The summed E-state index contributed by atoms with van der Waals surface area (Å²) >= 11 is 0. The normalized spacial score (nSPS) is 17.8. The summed E-state index contributed by atoms with van der Waals surface area (Å²) in [6, 6.07) is 0. The zero-order chi connectivity index (χ0) is 15.3. The van der Waals surface area contributed by atoms with Gasteiger partial charge < -0.3 is 9.64 Å². The number of hydrogen-bond acceptors (Lipinski definition) is 5. The van der Waals surface area contributed by atoms with Crippen LogP contribution in [0.4, 0.5) is 0 Å². The summed E-state index contributed by atoms with van der Waals surface area (Å²) in [6.45, 7) is 1.07. The van der Waals surface area contributed by atoms with Gasteiger partial charge in [0.25, 0.3) is 0 Å². The lowest BCUT2D eigenvalue weighted by Gasteiger charge is -2.31. The lowest BCUT2D eigenvalue weighted by molar-refractivity contribution is -0.142. The Balaban J connectivity index is 2.44. The van der Waals surface area contributed by atoms with Gasteiger partial charge in [-0.3, -0.25) is 9.59 Å². The van der Waals surface area contributed by atoms with Gasteiger partial charge in [-0.05, 0) is 12.8 Å². The first-order valence-corrected chi connectivity index (χ1v) is 8.37. The van der Waals surface area contributed by atoms with Crippen LogP contribution in [0.25, 0.3) is 0 Å². The van der Waals surface area contributed by atoms with Gasteiger partial charge >= 0.3 is 5.97 Å². The average Bonchev–Trinajstić information content (AvgIpc) is 2.42. The van der Waals surface area contributed by atoms with E-state index in [-0.39, 0.29) is 24.2 Å². The number of methoxy groups -OCH3 is 1. The molecule has 116 valence electrons. The standard InChI is InChI=1S/C12H22N2O5S/c1-13(7-6-11(15)19-2)12(16)10-4-8-14(9-5-10)20(3,17)18/h10H,4-9H2,1-3H3. The number of esters is 1. The fraction of sp³-hybridized carbons (Fsp3) is 0.833. The minimum Gasteiger partial charge on any atom is -0.469 e. The van der Waals surface area contributed by atoms with E-state index in [2.05, 4.69) is 4.74 Å². The molecule has 0 radical (unpaired) electrons. The van der Waals surface area contributed by atoms with Gasteiger partial charge in [0.15, 0.2) is 0 Å². The van der Waals surface area contributed by atoms with E-state index in [1.807, 2.05) is 0 Å². The van der Waals surface area contributed by atoms with Gasteiger partial charge in [-0.2, -0.15) is 0 Å². The Morgan fingerprint density at radius 2 is 1.85 bits per heavy atom. The molecule has 8 heteroatoms. The fourth-order valence-corrected chi connectivity index (χ4v) is 3.09. The fourth-order valence-electron chi connectivity index (χ4n) is 2.22. The summed E-state index contributed by atoms with van der Waals surface area (Å²) in [4.78, 5) is 24.7. The lowest BCUT2D eigenvalue weighted by Crippen LogP contribution is -2.43. The Kier molecular flexibility index (Phi) is 5.94. The van der Waals surface area contributed by atoms with Crippen LogP contribution in [0.1, 0.15) is 19.3 Å². The Bertz CT molecular complexity index is 454. The number of hydrogen-bond donors (Lipinski definition) is 0. The molecule has 1 saturated heterocycles. The Hall–Kier alpha value is -1.15. The molecular formula is C12H22N2O5S. The first-order valence-electron chi connectivity index (χ1n) is 6.52. The highest BCUT2D eigenvalue weighted by Gasteiger charge is 2.30. The van der Waals surface area contributed by atoms with Gasteiger partial charge in [-0.15, -0.1) is 0 Å². The average molecular weight is 306 g/mol. The molecule has 7 nitrogen and oxygen atoms in total. The molecule has 1 aliphatic heterocycles. The number of nitrogens with zero attached hydrogens (tertiary/aromatic N) is 2. The van der Waals surface area contributed by atoms with E-state index in [1.165, 1.54) is 22.6 Å². The van der Waals surface area contributed by atoms with Gasteiger partial charge in [0.05, 0.1) is 19.8 Å². The van der Waals surface area contributed by atoms with Crippen molar-refractivity contribution in [1.29, 1.82) is 0 Å². The minimum atomic E-state index is -3.17. The maximum atomic E-state index is 12.2. The molecule has 0 unspecified atom stereocenters. The van der Waals surface area contributed by atoms with Crippen molar-refractivity contribution in [2.75, 3.05) is 40.0 Å². The zero-order valence-electron chi connectivity index (χ0n) is 12.2. The van der Waals surface area contributed by atoms with Crippen LogP contribution in [0.3, 0.4) is 0 Å². The molecule has 0 aliphatic carbocycles. The van der Waals surface area contributed by atoms with Crippen molar-refractivity contribution in [3.05, 3.63) is 0 Å². The molecule has 0 aromatic rings. The molecule has 1 aliphatic rings. The maximum Gasteiger partial charge on any atom is 0.307 e. The van der Waals surface area contributed by atoms with E-state index >= 15 is 0 Å². The highest BCUT2D eigenvalue weighted by Crippen LogP contribution is 2.20. The molecule has 0 saturated carbocycles. The van der Waals surface area contributed by atoms with Gasteiger partial charge in [0.1, 0.15) is 0 Å². The van der Waals surface area contributed by atoms with Crippen molar-refractivity contribution in [1.82, 2.24) is 9.21 Å². The largest absolute Gasteiger partial charge is 0.469 e. The van der Waals surface area contributed by atoms with Crippen molar-refractivity contribution in [2.24, 2.45) is 5.92 Å². The summed E-state index contributed by atoms with van der Waals surface area (Å²) in [5.41, 5.74) is 0. The van der Waals surface area contributed by atoms with Gasteiger partial charge in [-0.25, -0.2) is 12.7 Å². The first kappa shape index (κ1) is 16.9. The zero-order valence-corrected chi connectivity index (χ0v) is 13.0. The van der Waals surface area contributed by atoms with Crippen LogP contribution in [-0.2, 0) is 24.3 Å². The third-order valence-corrected chi connectivity index (χ3v) is 4.83. The van der Waals surface area contributed by atoms with E-state index in [0.717, 1.165) is 0 Å².